The van der Waals surface area contributed by atoms with Crippen molar-refractivity contribution in [3.8, 4) is 0 Å². The van der Waals surface area contributed by atoms with Crippen molar-refractivity contribution in [2.75, 3.05) is 6.61 Å². The van der Waals surface area contributed by atoms with E-state index in [9.17, 15) is 20.1 Å². The van der Waals surface area contributed by atoms with E-state index in [0.717, 1.165) is 38.5 Å². The number of hydrogen-bond donors (Lipinski definition) is 4. The van der Waals surface area contributed by atoms with E-state index >= 15 is 0 Å². The van der Waals surface area contributed by atoms with Crippen LogP contribution in [0.5, 0.6) is 0 Å². The van der Waals surface area contributed by atoms with Crippen LogP contribution in [0.4, 0.5) is 0 Å². The van der Waals surface area contributed by atoms with E-state index in [1.165, 1.54) is 193 Å². The molecule has 310 valence electrons. The molecule has 1 amide bonds. The number of aliphatic hydroxyl groups is 3. The third-order valence-corrected chi connectivity index (χ3v) is 11.1. The zero-order valence-corrected chi connectivity index (χ0v) is 35.2. The molecule has 0 aromatic rings. The first-order chi connectivity index (χ1) is 25.6. The van der Waals surface area contributed by atoms with Crippen LogP contribution in [0.15, 0.2) is 12.2 Å². The molecule has 0 radical (unpaired) electrons. The highest BCUT2D eigenvalue weighted by molar-refractivity contribution is 5.76. The Morgan fingerprint density at radius 2 is 0.769 bits per heavy atom. The Morgan fingerprint density at radius 1 is 0.462 bits per heavy atom. The third kappa shape index (κ3) is 37.4. The Kier molecular flexibility index (Phi) is 42.1. The minimum absolute atomic E-state index is 0.149. The molecule has 0 bridgehead atoms. The number of amides is 1. The van der Waals surface area contributed by atoms with E-state index in [1.54, 1.807) is 0 Å². The van der Waals surface area contributed by atoms with Crippen LogP contribution in [0.1, 0.15) is 258 Å². The highest BCUT2D eigenvalue weighted by Gasteiger charge is 2.26. The molecule has 5 heteroatoms. The Balaban J connectivity index is 3.60. The highest BCUT2D eigenvalue weighted by atomic mass is 16.3. The van der Waals surface area contributed by atoms with Crippen molar-refractivity contribution in [3.05, 3.63) is 12.2 Å². The van der Waals surface area contributed by atoms with E-state index in [4.69, 9.17) is 0 Å². The van der Waals surface area contributed by atoms with Gasteiger partial charge >= 0.3 is 0 Å². The normalized spacial score (nSPS) is 13.6. The average Bonchev–Trinajstić information content (AvgIpc) is 3.15. The molecule has 0 aliphatic rings. The van der Waals surface area contributed by atoms with Gasteiger partial charge in [-0.3, -0.25) is 4.79 Å². The van der Waals surface area contributed by atoms with Crippen molar-refractivity contribution in [1.82, 2.24) is 5.32 Å². The van der Waals surface area contributed by atoms with Crippen molar-refractivity contribution in [1.29, 1.82) is 0 Å². The molecule has 0 rings (SSSR count). The first-order valence-electron chi connectivity index (χ1n) is 23.5. The summed E-state index contributed by atoms with van der Waals surface area (Å²) in [5.74, 6) is -0.149. The molecule has 52 heavy (non-hydrogen) atoms. The first-order valence-corrected chi connectivity index (χ1v) is 23.5. The number of carbonyl (C=O) groups excluding carboxylic acids is 1. The number of aliphatic hydroxyl groups excluding tert-OH is 3. The van der Waals surface area contributed by atoms with Crippen molar-refractivity contribution in [3.63, 3.8) is 0 Å². The van der Waals surface area contributed by atoms with Gasteiger partial charge in [0.05, 0.1) is 18.8 Å². The van der Waals surface area contributed by atoms with Crippen LogP contribution in [0.3, 0.4) is 0 Å². The van der Waals surface area contributed by atoms with Crippen molar-refractivity contribution >= 4 is 5.91 Å². The summed E-state index contributed by atoms with van der Waals surface area (Å²) in [5, 5.41) is 33.6. The smallest absolute Gasteiger partial charge is 0.220 e. The zero-order valence-electron chi connectivity index (χ0n) is 35.2. The lowest BCUT2D eigenvalue weighted by atomic mass is 10.0. The molecule has 0 fully saturated rings. The fraction of sp³-hybridized carbons (Fsp3) is 0.936. The maximum atomic E-state index is 12.4. The zero-order chi connectivity index (χ0) is 38.0. The average molecular weight is 736 g/mol. The molecule has 0 heterocycles. The van der Waals surface area contributed by atoms with Gasteiger partial charge in [-0.15, -0.1) is 0 Å². The SMILES string of the molecule is CCCCCCCCCCCCCC/C=C/CCCC(O)C(O)C(CO)NC(=O)CCCCCCCCCCCCCCCCCCCCCCC. The maximum absolute atomic E-state index is 12.4. The fourth-order valence-electron chi connectivity index (χ4n) is 7.46. The van der Waals surface area contributed by atoms with Crippen molar-refractivity contribution in [2.45, 2.75) is 276 Å². The molecule has 3 atom stereocenters. The van der Waals surface area contributed by atoms with Crippen LogP contribution in [-0.4, -0.2) is 46.1 Å². The molecular formula is C47H93NO4. The molecule has 0 aromatic carbocycles. The number of rotatable bonds is 43. The molecule has 4 N–H and O–H groups in total. The second kappa shape index (κ2) is 42.8. The van der Waals surface area contributed by atoms with E-state index in [-0.39, 0.29) is 12.5 Å². The Bertz CT molecular complexity index is 728. The summed E-state index contributed by atoms with van der Waals surface area (Å²) in [6.07, 6.45) is 50.4. The first kappa shape index (κ1) is 51.1. The molecule has 0 saturated heterocycles. The van der Waals surface area contributed by atoms with E-state index in [2.05, 4.69) is 31.3 Å². The van der Waals surface area contributed by atoms with Gasteiger partial charge in [-0.1, -0.05) is 225 Å². The predicted molar refractivity (Wildman–Crippen MR) is 227 cm³/mol. The molecule has 0 aliphatic carbocycles. The van der Waals surface area contributed by atoms with Crippen LogP contribution in [0, 0.1) is 0 Å². The molecule has 0 aliphatic heterocycles. The third-order valence-electron chi connectivity index (χ3n) is 11.1. The predicted octanol–water partition coefficient (Wildman–Crippen LogP) is 13.6. The summed E-state index contributed by atoms with van der Waals surface area (Å²) in [5.41, 5.74) is 0. The van der Waals surface area contributed by atoms with E-state index in [1.807, 2.05) is 0 Å². The lowest BCUT2D eigenvalue weighted by Crippen LogP contribution is -2.50. The molecule has 3 unspecified atom stereocenters. The molecule has 0 saturated carbocycles. The van der Waals surface area contributed by atoms with Gasteiger partial charge in [-0.25, -0.2) is 0 Å². The highest BCUT2D eigenvalue weighted by Crippen LogP contribution is 2.17. The van der Waals surface area contributed by atoms with Crippen LogP contribution in [-0.2, 0) is 4.79 Å². The van der Waals surface area contributed by atoms with Gasteiger partial charge < -0.3 is 20.6 Å². The van der Waals surface area contributed by atoms with Crippen LogP contribution >= 0.6 is 0 Å². The number of allylic oxidation sites excluding steroid dienone is 2. The standard InChI is InChI=1S/C47H93NO4/c1-3-5-7-9-11-13-15-17-19-21-22-23-24-26-28-30-32-34-36-38-40-42-46(51)48-44(43-49)47(52)45(50)41-39-37-35-33-31-29-27-25-20-18-16-14-12-10-8-6-4-2/h33,35,44-45,47,49-50,52H,3-32,34,36-43H2,1-2H3,(H,48,51)/b35-33+. The van der Waals surface area contributed by atoms with Crippen molar-refractivity contribution < 1.29 is 20.1 Å². The largest absolute Gasteiger partial charge is 0.394 e. The number of hydrogen-bond acceptors (Lipinski definition) is 4. The van der Waals surface area contributed by atoms with Gasteiger partial charge in [0.15, 0.2) is 0 Å². The molecule has 5 nitrogen and oxygen atoms in total. The summed E-state index contributed by atoms with van der Waals surface area (Å²) in [6.45, 7) is 4.19. The van der Waals surface area contributed by atoms with Gasteiger partial charge in [0, 0.05) is 6.42 Å². The van der Waals surface area contributed by atoms with Crippen LogP contribution in [0.25, 0.3) is 0 Å². The Morgan fingerprint density at radius 3 is 1.12 bits per heavy atom. The van der Waals surface area contributed by atoms with Gasteiger partial charge in [0.25, 0.3) is 0 Å². The Hall–Kier alpha value is -0.910. The number of unbranched alkanes of at least 4 members (excludes halogenated alkanes) is 33. The second-order valence-electron chi connectivity index (χ2n) is 16.3. The minimum atomic E-state index is -1.15. The minimum Gasteiger partial charge on any atom is -0.394 e. The number of carbonyl (C=O) groups is 1. The fourth-order valence-corrected chi connectivity index (χ4v) is 7.46. The topological polar surface area (TPSA) is 89.8 Å². The van der Waals surface area contributed by atoms with Gasteiger partial charge in [0.1, 0.15) is 6.10 Å². The number of nitrogens with one attached hydrogen (secondary N) is 1. The van der Waals surface area contributed by atoms with Gasteiger partial charge in [-0.05, 0) is 38.5 Å². The second-order valence-corrected chi connectivity index (χ2v) is 16.3. The van der Waals surface area contributed by atoms with Crippen LogP contribution < -0.4 is 5.32 Å². The van der Waals surface area contributed by atoms with E-state index in [0.29, 0.717) is 12.8 Å². The van der Waals surface area contributed by atoms with Gasteiger partial charge in [0.2, 0.25) is 5.91 Å². The van der Waals surface area contributed by atoms with Crippen molar-refractivity contribution in [2.24, 2.45) is 0 Å². The molecule has 0 aromatic heterocycles. The monoisotopic (exact) mass is 736 g/mol. The summed E-state index contributed by atoms with van der Waals surface area (Å²) >= 11 is 0. The summed E-state index contributed by atoms with van der Waals surface area (Å²) in [7, 11) is 0. The molecule has 0 spiro atoms. The summed E-state index contributed by atoms with van der Waals surface area (Å²) in [6, 6.07) is -0.821. The summed E-state index contributed by atoms with van der Waals surface area (Å²) < 4.78 is 0. The van der Waals surface area contributed by atoms with Crippen LogP contribution in [0.2, 0.25) is 0 Å². The molecular weight excluding hydrogens is 643 g/mol. The summed E-state index contributed by atoms with van der Waals surface area (Å²) in [4.78, 5) is 12.4. The van der Waals surface area contributed by atoms with Gasteiger partial charge in [-0.2, -0.15) is 0 Å². The lowest BCUT2D eigenvalue weighted by Gasteiger charge is -2.26. The van der Waals surface area contributed by atoms with E-state index < -0.39 is 18.2 Å². The Labute approximate surface area is 325 Å². The maximum Gasteiger partial charge on any atom is 0.220 e. The quantitative estimate of drug-likeness (QED) is 0.0371. The lowest BCUT2D eigenvalue weighted by molar-refractivity contribution is -0.124.